The zero-order chi connectivity index (χ0) is 29.1. The van der Waals surface area contributed by atoms with Crippen LogP contribution in [0.1, 0.15) is 13.3 Å². The molecule has 0 aliphatic rings. The van der Waals surface area contributed by atoms with Crippen LogP contribution in [0.25, 0.3) is 0 Å². The van der Waals surface area contributed by atoms with Crippen LogP contribution in [0.3, 0.4) is 0 Å². The van der Waals surface area contributed by atoms with Crippen LogP contribution in [0.4, 0.5) is 83.4 Å². The van der Waals surface area contributed by atoms with Crippen molar-refractivity contribution in [3.8, 4) is 0 Å². The van der Waals surface area contributed by atoms with Crippen molar-refractivity contribution in [1.29, 1.82) is 0 Å². The van der Waals surface area contributed by atoms with E-state index in [9.17, 15) is 88.2 Å². The number of hydrogen-bond acceptors (Lipinski definition) is 2. The SMILES string of the molecule is C=C(C)C(=O)OC(F)(F)C(F)(F)C(F)(F)C(F)(F)C(F)(F)C(F)(F)C(F)(F)C(F)(F)CC(F)(F)F. The molecule has 0 N–H and O–H groups in total. The first-order valence-electron chi connectivity index (χ1n) is 7.76. The molecule has 0 radical (unpaired) electrons. The Labute approximate surface area is 179 Å². The van der Waals surface area contributed by atoms with Crippen LogP contribution in [0.5, 0.6) is 0 Å². The third kappa shape index (κ3) is 4.94. The van der Waals surface area contributed by atoms with Crippen molar-refractivity contribution in [2.75, 3.05) is 0 Å². The number of halogens is 19. The van der Waals surface area contributed by atoms with Gasteiger partial charge in [-0.05, 0) is 6.92 Å². The molecule has 0 aromatic carbocycles. The van der Waals surface area contributed by atoms with E-state index in [2.05, 4.69) is 11.3 Å². The summed E-state index contributed by atoms with van der Waals surface area (Å²) in [6.45, 7) is 2.79. The zero-order valence-electron chi connectivity index (χ0n) is 15.9. The van der Waals surface area contributed by atoms with Crippen molar-refractivity contribution < 1.29 is 92.9 Å². The molecule has 0 saturated heterocycles. The second-order valence-electron chi connectivity index (χ2n) is 6.63. The Bertz CT molecular complexity index is 822. The van der Waals surface area contributed by atoms with Crippen LogP contribution in [-0.2, 0) is 9.53 Å². The van der Waals surface area contributed by atoms with Crippen LogP contribution in [-0.4, -0.2) is 59.7 Å². The number of rotatable bonds is 10. The summed E-state index contributed by atoms with van der Waals surface area (Å²) in [5.74, 6) is -61.9. The van der Waals surface area contributed by atoms with E-state index in [1.54, 1.807) is 0 Å². The minimum Gasteiger partial charge on any atom is -0.393 e. The number of carbonyl (C=O) groups is 1. The molecule has 0 aromatic heterocycles. The third-order valence-electron chi connectivity index (χ3n) is 3.79. The molecule has 0 rings (SSSR count). The molecule has 0 saturated carbocycles. The minimum absolute atomic E-state index is 0.348. The fraction of sp³-hybridized carbons (Fsp3) is 0.786. The first kappa shape index (κ1) is 32.9. The van der Waals surface area contributed by atoms with E-state index < -0.39 is 71.7 Å². The molecule has 0 heterocycles. The lowest BCUT2D eigenvalue weighted by molar-refractivity contribution is -0.469. The number of esters is 1. The topological polar surface area (TPSA) is 26.3 Å². The van der Waals surface area contributed by atoms with Crippen molar-refractivity contribution >= 4 is 5.97 Å². The van der Waals surface area contributed by atoms with Crippen LogP contribution in [0.2, 0.25) is 0 Å². The van der Waals surface area contributed by atoms with Crippen molar-refractivity contribution in [1.82, 2.24) is 0 Å². The van der Waals surface area contributed by atoms with Crippen LogP contribution in [0, 0.1) is 0 Å². The molecule has 208 valence electrons. The largest absolute Gasteiger partial charge is 0.473 e. The van der Waals surface area contributed by atoms with E-state index in [0.29, 0.717) is 6.92 Å². The monoisotopic (exact) mass is 568 g/mol. The molecule has 0 fully saturated rings. The van der Waals surface area contributed by atoms with Gasteiger partial charge >= 0.3 is 59.7 Å². The average molecular weight is 568 g/mol. The third-order valence-corrected chi connectivity index (χ3v) is 3.79. The first-order valence-corrected chi connectivity index (χ1v) is 7.76. The second kappa shape index (κ2) is 8.48. The molecule has 0 unspecified atom stereocenters. The van der Waals surface area contributed by atoms with Gasteiger partial charge in [0.2, 0.25) is 0 Å². The molecule has 0 aliphatic heterocycles. The summed E-state index contributed by atoms with van der Waals surface area (Å²) >= 11 is 0. The predicted molar refractivity (Wildman–Crippen MR) is 71.2 cm³/mol. The highest BCUT2D eigenvalue weighted by Crippen LogP contribution is 2.64. The van der Waals surface area contributed by atoms with Crippen molar-refractivity contribution in [2.45, 2.75) is 67.1 Å². The molecule has 0 amide bonds. The molecule has 0 aliphatic carbocycles. The van der Waals surface area contributed by atoms with Crippen LogP contribution >= 0.6 is 0 Å². The lowest BCUT2D eigenvalue weighted by Gasteiger charge is -2.43. The summed E-state index contributed by atoms with van der Waals surface area (Å²) in [7, 11) is 0. The second-order valence-corrected chi connectivity index (χ2v) is 6.63. The van der Waals surface area contributed by atoms with Gasteiger partial charge in [0.05, 0.1) is 0 Å². The van der Waals surface area contributed by atoms with Gasteiger partial charge < -0.3 is 4.74 Å². The van der Waals surface area contributed by atoms with Gasteiger partial charge in [0, 0.05) is 5.57 Å². The van der Waals surface area contributed by atoms with E-state index in [1.165, 1.54) is 0 Å². The highest BCUT2D eigenvalue weighted by molar-refractivity contribution is 5.87. The summed E-state index contributed by atoms with van der Waals surface area (Å²) in [5.41, 5.74) is -1.35. The van der Waals surface area contributed by atoms with Gasteiger partial charge in [0.1, 0.15) is 6.42 Å². The lowest BCUT2D eigenvalue weighted by atomic mass is 9.88. The maximum Gasteiger partial charge on any atom is 0.473 e. The van der Waals surface area contributed by atoms with Crippen LogP contribution in [0.15, 0.2) is 12.2 Å². The first-order chi connectivity index (χ1) is 14.8. The Kier molecular flexibility index (Phi) is 7.96. The summed E-state index contributed by atoms with van der Waals surface area (Å²) in [4.78, 5) is 10.8. The standard InChI is InChI=1S/C14H7F19O2/c1-4(2)5(34)35-14(32,33)13(30,31)12(28,29)11(26,27)10(24,25)9(22,23)8(20,21)6(15,16)3-7(17,18)19/h1,3H2,2H3. The molecule has 35 heavy (non-hydrogen) atoms. The normalized spacial score (nSPS) is 15.8. The highest BCUT2D eigenvalue weighted by Gasteiger charge is 2.95. The zero-order valence-corrected chi connectivity index (χ0v) is 15.9. The van der Waals surface area contributed by atoms with Gasteiger partial charge in [-0.3, -0.25) is 0 Å². The summed E-state index contributed by atoms with van der Waals surface area (Å²) in [5, 5.41) is 0. The molecule has 2 nitrogen and oxygen atoms in total. The molecule has 0 atom stereocenters. The molecule has 21 heteroatoms. The minimum atomic E-state index is -8.89. The van der Waals surface area contributed by atoms with E-state index in [1.807, 2.05) is 0 Å². The van der Waals surface area contributed by atoms with Gasteiger partial charge in [-0.25, -0.2) is 4.79 Å². The van der Waals surface area contributed by atoms with Gasteiger partial charge in [-0.1, -0.05) is 6.58 Å². The molecular weight excluding hydrogens is 561 g/mol. The number of alkyl halides is 19. The smallest absolute Gasteiger partial charge is 0.393 e. The van der Waals surface area contributed by atoms with Crippen molar-refractivity contribution in [3.05, 3.63) is 12.2 Å². The Hall–Kier alpha value is -2.12. The highest BCUT2D eigenvalue weighted by atomic mass is 19.4. The molecule has 0 aromatic rings. The van der Waals surface area contributed by atoms with E-state index in [0.717, 1.165) is 0 Å². The Morgan fingerprint density at radius 2 is 0.857 bits per heavy atom. The van der Waals surface area contributed by atoms with E-state index in [-0.39, 0.29) is 0 Å². The van der Waals surface area contributed by atoms with Crippen LogP contribution < -0.4 is 0 Å². The van der Waals surface area contributed by atoms with E-state index in [4.69, 9.17) is 0 Å². The Morgan fingerprint density at radius 3 is 1.14 bits per heavy atom. The number of carbonyl (C=O) groups excluding carboxylic acids is 1. The lowest BCUT2D eigenvalue weighted by Crippen LogP contribution is -2.75. The quantitative estimate of drug-likeness (QED) is 0.160. The maximum absolute atomic E-state index is 13.5. The predicted octanol–water partition coefficient (Wildman–Crippen LogP) is 7.10. The molecule has 0 spiro atoms. The van der Waals surface area contributed by atoms with Crippen molar-refractivity contribution in [2.24, 2.45) is 0 Å². The maximum atomic E-state index is 13.5. The van der Waals surface area contributed by atoms with Gasteiger partial charge in [-0.2, -0.15) is 83.4 Å². The van der Waals surface area contributed by atoms with Crippen molar-refractivity contribution in [3.63, 3.8) is 0 Å². The number of hydrogen-bond donors (Lipinski definition) is 0. The average Bonchev–Trinajstić information content (AvgIpc) is 2.57. The van der Waals surface area contributed by atoms with Gasteiger partial charge in [0.25, 0.3) is 0 Å². The summed E-state index contributed by atoms with van der Waals surface area (Å²) in [6, 6.07) is 0. The Morgan fingerprint density at radius 1 is 0.571 bits per heavy atom. The number of ether oxygens (including phenoxy) is 1. The fourth-order valence-electron chi connectivity index (χ4n) is 1.83. The molecule has 0 bridgehead atoms. The van der Waals surface area contributed by atoms with E-state index >= 15 is 0 Å². The fourth-order valence-corrected chi connectivity index (χ4v) is 1.83. The summed E-state index contributed by atoms with van der Waals surface area (Å²) < 4.78 is 252. The van der Waals surface area contributed by atoms with Gasteiger partial charge in [-0.15, -0.1) is 0 Å². The van der Waals surface area contributed by atoms with Gasteiger partial charge in [0.15, 0.2) is 0 Å². The summed E-state index contributed by atoms with van der Waals surface area (Å²) in [6.07, 6.45) is -18.3. The Balaban J connectivity index is 6.80. The molecular formula is C14H7F19O2.